The van der Waals surface area contributed by atoms with Gasteiger partial charge in [-0.1, -0.05) is 47.5 Å². The van der Waals surface area contributed by atoms with Gasteiger partial charge >= 0.3 is 6.03 Å². The highest BCUT2D eigenvalue weighted by Crippen LogP contribution is 2.45. The maximum atomic E-state index is 14.3. The van der Waals surface area contributed by atoms with E-state index in [1.165, 1.54) is 4.90 Å². The van der Waals surface area contributed by atoms with E-state index in [0.29, 0.717) is 45.8 Å². The highest BCUT2D eigenvalue weighted by Gasteiger charge is 2.45. The van der Waals surface area contributed by atoms with Gasteiger partial charge in [-0.05, 0) is 67.4 Å². The number of carbonyl (C=O) groups is 2. The second-order valence-corrected chi connectivity index (χ2v) is 10.7. The van der Waals surface area contributed by atoms with Crippen LogP contribution in [0.5, 0.6) is 5.75 Å². The number of amidine groups is 1. The summed E-state index contributed by atoms with van der Waals surface area (Å²) in [7, 11) is 0. The average Bonchev–Trinajstić information content (AvgIpc) is 3.33. The first-order valence-electron chi connectivity index (χ1n) is 12.9. The lowest BCUT2D eigenvalue weighted by molar-refractivity contribution is -0.123. The zero-order valence-corrected chi connectivity index (χ0v) is 23.5. The van der Waals surface area contributed by atoms with E-state index in [1.807, 2.05) is 44.2 Å². The molecule has 2 aliphatic rings. The zero-order chi connectivity index (χ0) is 28.4. The summed E-state index contributed by atoms with van der Waals surface area (Å²) in [6, 6.07) is 20.4. The predicted molar refractivity (Wildman–Crippen MR) is 154 cm³/mol. The number of halogens is 2. The number of nitrogens with zero attached hydrogens (tertiary/aromatic N) is 4. The summed E-state index contributed by atoms with van der Waals surface area (Å²) in [6.45, 7) is 4.42. The van der Waals surface area contributed by atoms with E-state index < -0.39 is 12.1 Å². The number of carbonyl (C=O) groups excluding carboxylic acids is 2. The fourth-order valence-electron chi connectivity index (χ4n) is 4.97. The number of ether oxygens (including phenoxy) is 1. The minimum Gasteiger partial charge on any atom is -0.490 e. The molecule has 5 rings (SSSR count). The molecule has 40 heavy (non-hydrogen) atoms. The van der Waals surface area contributed by atoms with Gasteiger partial charge in [-0.2, -0.15) is 5.26 Å². The molecule has 204 valence electrons. The largest absolute Gasteiger partial charge is 0.490 e. The second-order valence-electron chi connectivity index (χ2n) is 9.86. The molecule has 0 bridgehead atoms. The summed E-state index contributed by atoms with van der Waals surface area (Å²) in [4.78, 5) is 34.9. The molecule has 1 fully saturated rings. The van der Waals surface area contributed by atoms with Crippen LogP contribution in [0.3, 0.4) is 0 Å². The zero-order valence-electron chi connectivity index (χ0n) is 22.0. The molecule has 0 saturated carbocycles. The molecule has 3 aromatic carbocycles. The molecule has 8 nitrogen and oxygen atoms in total. The van der Waals surface area contributed by atoms with Gasteiger partial charge in [0.15, 0.2) is 0 Å². The van der Waals surface area contributed by atoms with Gasteiger partial charge in [-0.3, -0.25) is 14.7 Å². The van der Waals surface area contributed by atoms with Crippen LogP contribution in [0, 0.1) is 11.3 Å². The van der Waals surface area contributed by atoms with Crippen molar-refractivity contribution in [2.24, 2.45) is 4.99 Å². The molecule has 0 aromatic heterocycles. The van der Waals surface area contributed by atoms with Crippen molar-refractivity contribution in [3.63, 3.8) is 0 Å². The van der Waals surface area contributed by atoms with Gasteiger partial charge in [0.05, 0.1) is 29.3 Å². The maximum absolute atomic E-state index is 14.3. The van der Waals surface area contributed by atoms with E-state index in [4.69, 9.17) is 32.9 Å². The van der Waals surface area contributed by atoms with Crippen LogP contribution in [0.1, 0.15) is 48.2 Å². The normalized spacial score (nSPS) is 18.8. The van der Waals surface area contributed by atoms with Gasteiger partial charge in [0.1, 0.15) is 24.2 Å². The Morgan fingerprint density at radius 1 is 1.07 bits per heavy atom. The van der Waals surface area contributed by atoms with Crippen LogP contribution < -0.4 is 10.1 Å². The summed E-state index contributed by atoms with van der Waals surface area (Å²) in [5.41, 5.74) is 2.61. The lowest BCUT2D eigenvalue weighted by Gasteiger charge is -2.36. The molecule has 0 aliphatic carbocycles. The average molecular weight is 576 g/mol. The van der Waals surface area contributed by atoms with Gasteiger partial charge in [0.25, 0.3) is 0 Å². The molecule has 1 N–H and O–H groups in total. The number of nitriles is 1. The lowest BCUT2D eigenvalue weighted by atomic mass is 9.93. The molecular weight excluding hydrogens is 549 g/mol. The maximum Gasteiger partial charge on any atom is 0.326 e. The molecule has 0 spiro atoms. The lowest BCUT2D eigenvalue weighted by Crippen LogP contribution is -2.55. The van der Waals surface area contributed by atoms with E-state index >= 15 is 0 Å². The van der Waals surface area contributed by atoms with Crippen molar-refractivity contribution in [1.29, 1.82) is 5.26 Å². The number of hydrogen-bond donors (Lipinski definition) is 1. The fourth-order valence-corrected chi connectivity index (χ4v) is 5.29. The second kappa shape index (κ2) is 11.6. The summed E-state index contributed by atoms with van der Waals surface area (Å²) in [6.07, 6.45) is -0.194. The van der Waals surface area contributed by atoms with Crippen molar-refractivity contribution in [2.45, 2.75) is 32.0 Å². The van der Waals surface area contributed by atoms with E-state index in [-0.39, 0.29) is 24.6 Å². The van der Waals surface area contributed by atoms with Crippen molar-refractivity contribution in [3.05, 3.63) is 99.0 Å². The van der Waals surface area contributed by atoms with E-state index in [9.17, 15) is 14.9 Å². The van der Waals surface area contributed by atoms with Crippen molar-refractivity contribution in [2.75, 3.05) is 19.6 Å². The van der Waals surface area contributed by atoms with Gasteiger partial charge in [0, 0.05) is 23.1 Å². The van der Waals surface area contributed by atoms with Crippen LogP contribution in [-0.4, -0.2) is 53.3 Å². The summed E-state index contributed by atoms with van der Waals surface area (Å²) >= 11 is 12.6. The Morgan fingerprint density at radius 2 is 1.85 bits per heavy atom. The van der Waals surface area contributed by atoms with Crippen molar-refractivity contribution in [3.8, 4) is 11.8 Å². The standard InChI is InChI=1S/C30H27Cl2N5O3/c1-18(2)40-25-14-19(16-33)6-11-24(25)29-35-27(21-4-3-5-23(32)15-21)28(20-7-9-22(31)10-8-20)37(29)30(39)36-13-12-34-26(38)17-36/h3-11,14-15,18,27-28H,12-13,17H2,1-2H3,(H,34,38)/t27-,28+/m0/s1. The Kier molecular flexibility index (Phi) is 7.97. The SMILES string of the molecule is CC(C)Oc1cc(C#N)ccc1C1=N[C@@H](c2cccc(Cl)c2)[C@@H](c2ccc(Cl)cc2)N1C(=O)N1CCNC(=O)C1. The topological polar surface area (TPSA) is 98.0 Å². The molecule has 10 heteroatoms. The molecule has 0 unspecified atom stereocenters. The smallest absolute Gasteiger partial charge is 0.326 e. The van der Waals surface area contributed by atoms with Crippen LogP contribution in [0.4, 0.5) is 4.79 Å². The number of rotatable bonds is 5. The molecule has 2 aliphatic heterocycles. The predicted octanol–water partition coefficient (Wildman–Crippen LogP) is 5.75. The van der Waals surface area contributed by atoms with Crippen molar-refractivity contribution < 1.29 is 14.3 Å². The quantitative estimate of drug-likeness (QED) is 0.418. The summed E-state index contributed by atoms with van der Waals surface area (Å²) in [5.74, 6) is 0.582. The number of hydrogen-bond acceptors (Lipinski definition) is 5. The van der Waals surface area contributed by atoms with Crippen LogP contribution in [0.25, 0.3) is 0 Å². The number of piperazine rings is 1. The molecule has 3 amide bonds. The fraction of sp³-hybridized carbons (Fsp3) is 0.267. The van der Waals surface area contributed by atoms with E-state index in [2.05, 4.69) is 11.4 Å². The van der Waals surface area contributed by atoms with Crippen molar-refractivity contribution >= 4 is 41.0 Å². The van der Waals surface area contributed by atoms with Crippen LogP contribution in [0.15, 0.2) is 71.7 Å². The highest BCUT2D eigenvalue weighted by molar-refractivity contribution is 6.30. The number of amides is 3. The Hall–Kier alpha value is -4.06. The molecular formula is C30H27Cl2N5O3. The minimum atomic E-state index is -0.578. The highest BCUT2D eigenvalue weighted by atomic mass is 35.5. The van der Waals surface area contributed by atoms with Crippen LogP contribution in [-0.2, 0) is 4.79 Å². The first-order chi connectivity index (χ1) is 19.2. The molecule has 0 radical (unpaired) electrons. The molecule has 2 atom stereocenters. The van der Waals surface area contributed by atoms with Crippen LogP contribution >= 0.6 is 23.2 Å². The summed E-state index contributed by atoms with van der Waals surface area (Å²) < 4.78 is 6.12. The van der Waals surface area contributed by atoms with Gasteiger partial charge in [-0.25, -0.2) is 4.79 Å². The number of aliphatic imine (C=N–C) groups is 1. The molecule has 3 aromatic rings. The Morgan fingerprint density at radius 3 is 2.52 bits per heavy atom. The minimum absolute atomic E-state index is 0.0689. The third-order valence-corrected chi connectivity index (χ3v) is 7.18. The summed E-state index contributed by atoms with van der Waals surface area (Å²) in [5, 5.41) is 13.4. The third kappa shape index (κ3) is 5.62. The van der Waals surface area contributed by atoms with Crippen LogP contribution in [0.2, 0.25) is 10.0 Å². The van der Waals surface area contributed by atoms with E-state index in [0.717, 1.165) is 11.1 Å². The number of nitrogens with one attached hydrogen (secondary N) is 1. The van der Waals surface area contributed by atoms with Gasteiger partial charge < -0.3 is 15.0 Å². The number of benzene rings is 3. The first-order valence-corrected chi connectivity index (χ1v) is 13.7. The van der Waals surface area contributed by atoms with Gasteiger partial charge in [-0.15, -0.1) is 0 Å². The third-order valence-electron chi connectivity index (χ3n) is 6.70. The number of urea groups is 1. The Balaban J connectivity index is 1.72. The van der Waals surface area contributed by atoms with E-state index in [1.54, 1.807) is 41.3 Å². The molecule has 1 saturated heterocycles. The van der Waals surface area contributed by atoms with Crippen molar-refractivity contribution in [1.82, 2.24) is 15.1 Å². The Bertz CT molecular complexity index is 1520. The Labute approximate surface area is 242 Å². The monoisotopic (exact) mass is 575 g/mol. The molecule has 2 heterocycles. The van der Waals surface area contributed by atoms with Gasteiger partial charge in [0.2, 0.25) is 5.91 Å². The first kappa shape index (κ1) is 27.5.